The van der Waals surface area contributed by atoms with Crippen molar-refractivity contribution in [1.82, 2.24) is 5.32 Å². The van der Waals surface area contributed by atoms with Crippen molar-refractivity contribution in [2.45, 2.75) is 475 Å². The van der Waals surface area contributed by atoms with Crippen molar-refractivity contribution in [3.63, 3.8) is 0 Å². The van der Waals surface area contributed by atoms with Crippen LogP contribution >= 0.6 is 0 Å². The number of ether oxygens (including phenoxy) is 1. The Hall–Kier alpha value is -1.14. The molecule has 0 radical (unpaired) electrons. The first-order valence-electron chi connectivity index (χ1n) is 39.3. The Morgan fingerprint density at radius 1 is 0.286 bits per heavy atom. The smallest absolute Gasteiger partial charge is 0.305 e. The summed E-state index contributed by atoms with van der Waals surface area (Å²) in [6.07, 6.45) is 91.9. The fourth-order valence-corrected chi connectivity index (χ4v) is 12.9. The fourth-order valence-electron chi connectivity index (χ4n) is 12.9. The molecule has 3 N–H and O–H groups in total. The number of hydrogen-bond acceptors (Lipinski definition) is 5. The van der Waals surface area contributed by atoms with Crippen molar-refractivity contribution in [2.75, 3.05) is 13.2 Å². The largest absolute Gasteiger partial charge is 0.466 e. The third kappa shape index (κ3) is 70.0. The lowest BCUT2D eigenvalue weighted by molar-refractivity contribution is -0.143. The van der Waals surface area contributed by atoms with Crippen LogP contribution in [0.4, 0.5) is 0 Å². The summed E-state index contributed by atoms with van der Waals surface area (Å²) < 4.78 is 5.50. The van der Waals surface area contributed by atoms with E-state index in [9.17, 15) is 19.8 Å². The van der Waals surface area contributed by atoms with Crippen LogP contribution in [0.5, 0.6) is 0 Å². The van der Waals surface area contributed by atoms with E-state index >= 15 is 0 Å². The molecule has 0 aliphatic heterocycles. The van der Waals surface area contributed by atoms with Gasteiger partial charge in [0.25, 0.3) is 0 Å². The molecule has 6 heteroatoms. The molecule has 0 spiro atoms. The molecule has 0 aromatic carbocycles. The highest BCUT2D eigenvalue weighted by atomic mass is 16.5. The number of esters is 1. The maximum Gasteiger partial charge on any atom is 0.305 e. The van der Waals surface area contributed by atoms with Gasteiger partial charge in [-0.05, 0) is 25.7 Å². The van der Waals surface area contributed by atoms with Crippen molar-refractivity contribution < 1.29 is 24.5 Å². The molecule has 0 fully saturated rings. The molecule has 0 saturated heterocycles. The molecular weight excluding hydrogens is 1030 g/mol. The minimum absolute atomic E-state index is 0.0227. The van der Waals surface area contributed by atoms with E-state index in [1.54, 1.807) is 0 Å². The molecule has 0 aromatic rings. The number of aliphatic hydroxyl groups excluding tert-OH is 2. The van der Waals surface area contributed by atoms with Gasteiger partial charge >= 0.3 is 5.97 Å². The number of amides is 1. The Bertz CT molecular complexity index is 1230. The van der Waals surface area contributed by atoms with Gasteiger partial charge in [0.1, 0.15) is 0 Å². The SMILES string of the molecule is CCCCCCCCCCCCCCCCCCCCCCCCCCCC(O)C(CO)NC(=O)CCCCCCCCCCCCCCCCCCCCCCCCCCCCCCOC(=O)CCCCCCCCCCCCCCCC. The van der Waals surface area contributed by atoms with Gasteiger partial charge in [-0.2, -0.15) is 0 Å². The Morgan fingerprint density at radius 2 is 0.488 bits per heavy atom. The Balaban J connectivity index is 3.34. The quantitative estimate of drug-likeness (QED) is 0.0417. The number of rotatable bonds is 75. The first-order valence-corrected chi connectivity index (χ1v) is 39.3. The standard InChI is InChI=1S/C78H155NO5/c1-3-5-7-9-11-13-15-17-19-20-21-22-23-28-31-34-37-40-43-46-50-54-58-62-66-70-76(81)75(74-80)79-77(82)71-67-63-59-55-51-47-44-41-38-35-32-29-26-24-25-27-30-33-36-39-42-45-49-53-57-61-65-69-73-84-78(83)72-68-64-60-56-52-48-18-16-14-12-10-8-6-4-2/h75-76,80-81H,3-74H2,1-2H3,(H,79,82). The van der Waals surface area contributed by atoms with Gasteiger partial charge in [0.05, 0.1) is 25.4 Å². The van der Waals surface area contributed by atoms with Crippen LogP contribution in [0.25, 0.3) is 0 Å². The van der Waals surface area contributed by atoms with Gasteiger partial charge in [-0.1, -0.05) is 425 Å². The number of aliphatic hydroxyl groups is 2. The van der Waals surface area contributed by atoms with Gasteiger partial charge < -0.3 is 20.3 Å². The van der Waals surface area contributed by atoms with Gasteiger partial charge in [0.15, 0.2) is 0 Å². The zero-order valence-electron chi connectivity index (χ0n) is 57.7. The van der Waals surface area contributed by atoms with Crippen molar-refractivity contribution in [1.29, 1.82) is 0 Å². The first-order chi connectivity index (χ1) is 41.5. The summed E-state index contributed by atoms with van der Waals surface area (Å²) in [5.74, 6) is -0.00237. The molecule has 0 heterocycles. The number of nitrogens with one attached hydrogen (secondary N) is 1. The maximum absolute atomic E-state index is 12.6. The van der Waals surface area contributed by atoms with Crippen LogP contribution in [0.1, 0.15) is 463 Å². The predicted molar refractivity (Wildman–Crippen MR) is 371 cm³/mol. The van der Waals surface area contributed by atoms with E-state index in [1.165, 1.54) is 392 Å². The van der Waals surface area contributed by atoms with Gasteiger partial charge in [-0.15, -0.1) is 0 Å². The lowest BCUT2D eigenvalue weighted by Gasteiger charge is -2.22. The van der Waals surface area contributed by atoms with Gasteiger partial charge in [0.2, 0.25) is 5.91 Å². The zero-order chi connectivity index (χ0) is 60.6. The van der Waals surface area contributed by atoms with E-state index < -0.39 is 12.1 Å². The average Bonchev–Trinajstić information content (AvgIpc) is 3.51. The monoisotopic (exact) mass is 1190 g/mol. The second-order valence-corrected chi connectivity index (χ2v) is 27.4. The minimum Gasteiger partial charge on any atom is -0.466 e. The zero-order valence-corrected chi connectivity index (χ0v) is 57.7. The molecule has 0 bridgehead atoms. The van der Waals surface area contributed by atoms with Crippen molar-refractivity contribution >= 4 is 11.9 Å². The van der Waals surface area contributed by atoms with Crippen LogP contribution in [-0.2, 0) is 14.3 Å². The third-order valence-corrected chi connectivity index (χ3v) is 18.9. The second kappa shape index (κ2) is 74.3. The van der Waals surface area contributed by atoms with Crippen molar-refractivity contribution in [3.8, 4) is 0 Å². The van der Waals surface area contributed by atoms with E-state index in [4.69, 9.17) is 4.74 Å². The summed E-state index contributed by atoms with van der Waals surface area (Å²) in [7, 11) is 0. The molecule has 0 aliphatic rings. The minimum atomic E-state index is -0.663. The normalized spacial score (nSPS) is 12.4. The van der Waals surface area contributed by atoms with Gasteiger partial charge in [-0.25, -0.2) is 0 Å². The van der Waals surface area contributed by atoms with E-state index in [0.29, 0.717) is 25.9 Å². The van der Waals surface area contributed by atoms with E-state index in [-0.39, 0.29) is 18.5 Å². The maximum atomic E-state index is 12.6. The van der Waals surface area contributed by atoms with Crippen LogP contribution < -0.4 is 5.32 Å². The lowest BCUT2D eigenvalue weighted by atomic mass is 10.0. The van der Waals surface area contributed by atoms with E-state index in [1.807, 2.05) is 0 Å². The molecule has 84 heavy (non-hydrogen) atoms. The molecule has 2 atom stereocenters. The Kier molecular flexibility index (Phi) is 73.3. The van der Waals surface area contributed by atoms with Crippen LogP contribution in [-0.4, -0.2) is 47.4 Å². The Morgan fingerprint density at radius 3 is 0.726 bits per heavy atom. The highest BCUT2D eigenvalue weighted by Crippen LogP contribution is 2.21. The van der Waals surface area contributed by atoms with Gasteiger partial charge in [0, 0.05) is 12.8 Å². The lowest BCUT2D eigenvalue weighted by Crippen LogP contribution is -2.45. The van der Waals surface area contributed by atoms with Crippen LogP contribution in [0, 0.1) is 0 Å². The number of hydrogen-bond donors (Lipinski definition) is 3. The van der Waals surface area contributed by atoms with Gasteiger partial charge in [-0.3, -0.25) is 9.59 Å². The molecule has 502 valence electrons. The third-order valence-electron chi connectivity index (χ3n) is 18.9. The predicted octanol–water partition coefficient (Wildman–Crippen LogP) is 25.7. The van der Waals surface area contributed by atoms with E-state index in [2.05, 4.69) is 19.2 Å². The highest BCUT2D eigenvalue weighted by Gasteiger charge is 2.20. The van der Waals surface area contributed by atoms with Crippen molar-refractivity contribution in [2.24, 2.45) is 0 Å². The molecule has 2 unspecified atom stereocenters. The molecule has 1 amide bonds. The first kappa shape index (κ1) is 82.9. The molecule has 0 saturated carbocycles. The van der Waals surface area contributed by atoms with Crippen LogP contribution in [0.3, 0.4) is 0 Å². The fraction of sp³-hybridized carbons (Fsp3) is 0.974. The van der Waals surface area contributed by atoms with Crippen LogP contribution in [0.2, 0.25) is 0 Å². The average molecular weight is 1190 g/mol. The summed E-state index contributed by atoms with van der Waals surface area (Å²) in [6.45, 7) is 5.02. The molecule has 0 aliphatic carbocycles. The van der Waals surface area contributed by atoms with E-state index in [0.717, 1.165) is 38.5 Å². The second-order valence-electron chi connectivity index (χ2n) is 27.4. The highest BCUT2D eigenvalue weighted by molar-refractivity contribution is 5.76. The Labute approximate surface area is 527 Å². The van der Waals surface area contributed by atoms with Crippen LogP contribution in [0.15, 0.2) is 0 Å². The number of unbranched alkanes of at least 4 members (excludes halogenated alkanes) is 64. The summed E-state index contributed by atoms with van der Waals surface area (Å²) in [6, 6.07) is -0.540. The summed E-state index contributed by atoms with van der Waals surface area (Å²) in [5, 5.41) is 23.5. The summed E-state index contributed by atoms with van der Waals surface area (Å²) in [4.78, 5) is 24.7. The molecule has 6 nitrogen and oxygen atoms in total. The number of carbonyl (C=O) groups excluding carboxylic acids is 2. The topological polar surface area (TPSA) is 95.9 Å². The van der Waals surface area contributed by atoms with Crippen molar-refractivity contribution in [3.05, 3.63) is 0 Å². The molecular formula is C78H155NO5. The molecule has 0 aromatic heterocycles. The summed E-state index contributed by atoms with van der Waals surface area (Å²) >= 11 is 0. The summed E-state index contributed by atoms with van der Waals surface area (Å²) in [5.41, 5.74) is 0. The molecule has 0 rings (SSSR count). The number of carbonyl (C=O) groups is 2.